The van der Waals surface area contributed by atoms with E-state index in [-0.39, 0.29) is 12.1 Å². The van der Waals surface area contributed by atoms with Crippen LogP contribution < -0.4 is 5.32 Å². The number of aliphatic hydroxyl groups excluding tert-OH is 1. The second-order valence-corrected chi connectivity index (χ2v) is 5.24. The smallest absolute Gasteiger partial charge is 0.0623 e. The number of likely N-dealkylation sites (N-methyl/N-ethyl adjacent to an activating group) is 1. The molecule has 0 fully saturated rings. The quantitative estimate of drug-likeness (QED) is 0.642. The van der Waals surface area contributed by atoms with E-state index in [0.717, 1.165) is 26.1 Å². The van der Waals surface area contributed by atoms with Crippen LogP contribution in [0, 0.1) is 5.92 Å². The molecule has 3 nitrogen and oxygen atoms in total. The molecular weight excluding hydrogens is 188 g/mol. The largest absolute Gasteiger partial charge is 0.394 e. The molecule has 92 valence electrons. The molecule has 1 atom stereocenters. The van der Waals surface area contributed by atoms with Crippen molar-refractivity contribution >= 4 is 0 Å². The molecule has 0 aliphatic carbocycles. The Morgan fingerprint density at radius 2 is 2.00 bits per heavy atom. The summed E-state index contributed by atoms with van der Waals surface area (Å²) in [5, 5.41) is 12.8. The second-order valence-electron chi connectivity index (χ2n) is 5.24. The van der Waals surface area contributed by atoms with Gasteiger partial charge in [0.05, 0.1) is 12.1 Å². The number of nitrogens with one attached hydrogen (secondary N) is 1. The molecule has 0 saturated carbocycles. The molecule has 2 N–H and O–H groups in total. The lowest BCUT2D eigenvalue weighted by Crippen LogP contribution is -2.53. The van der Waals surface area contributed by atoms with E-state index >= 15 is 0 Å². The SMILES string of the molecule is CCCNC(C)(CO)CN(C)CC(C)C. The molecule has 0 spiro atoms. The van der Waals surface area contributed by atoms with E-state index in [9.17, 15) is 5.11 Å². The molecule has 3 heteroatoms. The maximum Gasteiger partial charge on any atom is 0.0623 e. The van der Waals surface area contributed by atoms with Crippen LogP contribution in [0.2, 0.25) is 0 Å². The van der Waals surface area contributed by atoms with Crippen LogP contribution in [-0.2, 0) is 0 Å². The first kappa shape index (κ1) is 14.9. The van der Waals surface area contributed by atoms with Gasteiger partial charge in [0.25, 0.3) is 0 Å². The first-order chi connectivity index (χ1) is 6.93. The molecular formula is C12H28N2O. The van der Waals surface area contributed by atoms with Gasteiger partial charge < -0.3 is 15.3 Å². The van der Waals surface area contributed by atoms with Crippen molar-refractivity contribution in [2.75, 3.05) is 33.3 Å². The van der Waals surface area contributed by atoms with Crippen LogP contribution in [0.3, 0.4) is 0 Å². The van der Waals surface area contributed by atoms with Gasteiger partial charge in [-0.3, -0.25) is 0 Å². The zero-order valence-electron chi connectivity index (χ0n) is 11.0. The Bertz CT molecular complexity index is 162. The standard InChI is InChI=1S/C12H28N2O/c1-6-7-13-12(4,10-15)9-14(5)8-11(2)3/h11,13,15H,6-10H2,1-5H3. The van der Waals surface area contributed by atoms with Crippen LogP contribution in [0.25, 0.3) is 0 Å². The summed E-state index contributed by atoms with van der Waals surface area (Å²) in [6.45, 7) is 11.8. The average Bonchev–Trinajstić information content (AvgIpc) is 2.13. The first-order valence-corrected chi connectivity index (χ1v) is 5.98. The predicted octanol–water partition coefficient (Wildman–Crippen LogP) is 1.32. The first-order valence-electron chi connectivity index (χ1n) is 5.98. The fraction of sp³-hybridized carbons (Fsp3) is 1.00. The van der Waals surface area contributed by atoms with Gasteiger partial charge in [-0.05, 0) is 32.9 Å². The molecule has 0 amide bonds. The third-order valence-corrected chi connectivity index (χ3v) is 2.45. The maximum atomic E-state index is 9.41. The predicted molar refractivity (Wildman–Crippen MR) is 66.1 cm³/mol. The summed E-state index contributed by atoms with van der Waals surface area (Å²) in [4.78, 5) is 2.28. The highest BCUT2D eigenvalue weighted by Gasteiger charge is 2.24. The Balaban J connectivity index is 4.05. The maximum absolute atomic E-state index is 9.41. The molecule has 0 aromatic carbocycles. The lowest BCUT2D eigenvalue weighted by Gasteiger charge is -2.34. The third-order valence-electron chi connectivity index (χ3n) is 2.45. The Morgan fingerprint density at radius 1 is 1.40 bits per heavy atom. The fourth-order valence-corrected chi connectivity index (χ4v) is 1.87. The van der Waals surface area contributed by atoms with Gasteiger partial charge in [0, 0.05) is 13.1 Å². The highest BCUT2D eigenvalue weighted by molar-refractivity contribution is 4.85. The fourth-order valence-electron chi connectivity index (χ4n) is 1.87. The molecule has 1 unspecified atom stereocenters. The van der Waals surface area contributed by atoms with Crippen molar-refractivity contribution in [2.24, 2.45) is 5.92 Å². The molecule has 0 rings (SSSR count). The number of hydrogen-bond acceptors (Lipinski definition) is 3. The lowest BCUT2D eigenvalue weighted by atomic mass is 10.0. The normalized spacial score (nSPS) is 16.0. The molecule has 0 bridgehead atoms. The van der Waals surface area contributed by atoms with E-state index < -0.39 is 0 Å². The third kappa shape index (κ3) is 6.88. The van der Waals surface area contributed by atoms with E-state index in [1.165, 1.54) is 0 Å². The van der Waals surface area contributed by atoms with Gasteiger partial charge >= 0.3 is 0 Å². The lowest BCUT2D eigenvalue weighted by molar-refractivity contribution is 0.127. The number of nitrogens with zero attached hydrogens (tertiary/aromatic N) is 1. The summed E-state index contributed by atoms with van der Waals surface area (Å²) in [5.74, 6) is 0.670. The summed E-state index contributed by atoms with van der Waals surface area (Å²) >= 11 is 0. The summed E-state index contributed by atoms with van der Waals surface area (Å²) in [6, 6.07) is 0. The van der Waals surface area contributed by atoms with E-state index in [1.54, 1.807) is 0 Å². The van der Waals surface area contributed by atoms with Crippen molar-refractivity contribution in [1.82, 2.24) is 10.2 Å². The van der Waals surface area contributed by atoms with Crippen molar-refractivity contribution in [3.8, 4) is 0 Å². The minimum atomic E-state index is -0.167. The Labute approximate surface area is 94.9 Å². The Morgan fingerprint density at radius 3 is 2.40 bits per heavy atom. The van der Waals surface area contributed by atoms with Gasteiger partial charge in [0.1, 0.15) is 0 Å². The van der Waals surface area contributed by atoms with Crippen molar-refractivity contribution < 1.29 is 5.11 Å². The van der Waals surface area contributed by atoms with Crippen LogP contribution in [0.1, 0.15) is 34.1 Å². The summed E-state index contributed by atoms with van der Waals surface area (Å²) in [5.41, 5.74) is -0.167. The van der Waals surface area contributed by atoms with Crippen molar-refractivity contribution in [3.05, 3.63) is 0 Å². The van der Waals surface area contributed by atoms with Crippen LogP contribution >= 0.6 is 0 Å². The molecule has 0 aliphatic rings. The topological polar surface area (TPSA) is 35.5 Å². The average molecular weight is 216 g/mol. The minimum Gasteiger partial charge on any atom is -0.394 e. The summed E-state index contributed by atoms with van der Waals surface area (Å²) in [7, 11) is 2.11. The second kappa shape index (κ2) is 7.20. The number of aliphatic hydroxyl groups is 1. The highest BCUT2D eigenvalue weighted by atomic mass is 16.3. The molecule has 0 aromatic rings. The zero-order valence-corrected chi connectivity index (χ0v) is 11.0. The van der Waals surface area contributed by atoms with Gasteiger partial charge in [0.2, 0.25) is 0 Å². The molecule has 0 heterocycles. The number of hydrogen-bond donors (Lipinski definition) is 2. The van der Waals surface area contributed by atoms with Crippen LogP contribution in [-0.4, -0.2) is 48.8 Å². The van der Waals surface area contributed by atoms with Crippen LogP contribution in [0.4, 0.5) is 0 Å². The van der Waals surface area contributed by atoms with E-state index in [4.69, 9.17) is 0 Å². The van der Waals surface area contributed by atoms with Gasteiger partial charge in [0.15, 0.2) is 0 Å². The van der Waals surface area contributed by atoms with E-state index in [1.807, 2.05) is 0 Å². The van der Waals surface area contributed by atoms with E-state index in [2.05, 4.69) is 45.0 Å². The molecule has 15 heavy (non-hydrogen) atoms. The zero-order chi connectivity index (χ0) is 11.9. The van der Waals surface area contributed by atoms with Crippen molar-refractivity contribution in [3.63, 3.8) is 0 Å². The Hall–Kier alpha value is -0.120. The van der Waals surface area contributed by atoms with Gasteiger partial charge in [-0.2, -0.15) is 0 Å². The monoisotopic (exact) mass is 216 g/mol. The van der Waals surface area contributed by atoms with Crippen LogP contribution in [0.5, 0.6) is 0 Å². The van der Waals surface area contributed by atoms with Gasteiger partial charge in [-0.25, -0.2) is 0 Å². The molecule has 0 saturated heterocycles. The molecule has 0 radical (unpaired) electrons. The Kier molecular flexibility index (Phi) is 7.14. The van der Waals surface area contributed by atoms with Gasteiger partial charge in [-0.15, -0.1) is 0 Å². The number of rotatable bonds is 8. The van der Waals surface area contributed by atoms with Crippen molar-refractivity contribution in [1.29, 1.82) is 0 Å². The summed E-state index contributed by atoms with van der Waals surface area (Å²) in [6.07, 6.45) is 1.10. The van der Waals surface area contributed by atoms with Crippen molar-refractivity contribution in [2.45, 2.75) is 39.7 Å². The van der Waals surface area contributed by atoms with Crippen LogP contribution in [0.15, 0.2) is 0 Å². The summed E-state index contributed by atoms with van der Waals surface area (Å²) < 4.78 is 0. The minimum absolute atomic E-state index is 0.167. The molecule has 0 aromatic heterocycles. The van der Waals surface area contributed by atoms with E-state index in [0.29, 0.717) is 5.92 Å². The molecule has 0 aliphatic heterocycles. The highest BCUT2D eigenvalue weighted by Crippen LogP contribution is 2.07. The van der Waals surface area contributed by atoms with Gasteiger partial charge in [-0.1, -0.05) is 20.8 Å².